The topological polar surface area (TPSA) is 111 Å². The van der Waals surface area contributed by atoms with Gasteiger partial charge in [0.2, 0.25) is 5.91 Å². The van der Waals surface area contributed by atoms with Crippen molar-refractivity contribution in [2.75, 3.05) is 23.4 Å². The molecule has 0 bridgehead atoms. The molecule has 1 aliphatic heterocycles. The Balaban J connectivity index is 1.73. The van der Waals surface area contributed by atoms with Crippen LogP contribution in [0, 0.1) is 10.1 Å². The van der Waals surface area contributed by atoms with Crippen molar-refractivity contribution in [3.63, 3.8) is 0 Å². The minimum atomic E-state index is -0.567. The molecule has 0 atom stereocenters. The number of hydrogen-bond donors (Lipinski definition) is 1. The van der Waals surface area contributed by atoms with E-state index in [2.05, 4.69) is 5.32 Å². The van der Waals surface area contributed by atoms with Crippen LogP contribution in [0.3, 0.4) is 0 Å². The molecule has 1 aliphatic rings. The molecule has 2 amide bonds. The van der Waals surface area contributed by atoms with Crippen molar-refractivity contribution >= 4 is 28.9 Å². The number of nitrogens with one attached hydrogen (secondary N) is 1. The van der Waals surface area contributed by atoms with Crippen LogP contribution in [0.2, 0.25) is 0 Å². The molecule has 3 rings (SSSR count). The van der Waals surface area contributed by atoms with Crippen molar-refractivity contribution in [2.24, 2.45) is 0 Å². The summed E-state index contributed by atoms with van der Waals surface area (Å²) in [4.78, 5) is 36.4. The summed E-state index contributed by atoms with van der Waals surface area (Å²) in [7, 11) is 0. The lowest BCUT2D eigenvalue weighted by atomic mass is 10.2. The highest BCUT2D eigenvalue weighted by Crippen LogP contribution is 2.35. The molecule has 0 spiro atoms. The zero-order chi connectivity index (χ0) is 21.0. The molecular formula is C20H21N3O6. The molecule has 0 unspecified atom stereocenters. The Morgan fingerprint density at radius 2 is 2.10 bits per heavy atom. The first kappa shape index (κ1) is 20.3. The van der Waals surface area contributed by atoms with Crippen molar-refractivity contribution in [3.05, 3.63) is 58.1 Å². The Hall–Kier alpha value is -3.46. The Kier molecular flexibility index (Phi) is 6.08. The Bertz CT molecular complexity index is 944. The van der Waals surface area contributed by atoms with Crippen LogP contribution in [0.1, 0.15) is 19.4 Å². The third kappa shape index (κ3) is 5.08. The Labute approximate surface area is 167 Å². The monoisotopic (exact) mass is 399 g/mol. The lowest BCUT2D eigenvalue weighted by molar-refractivity contribution is -0.384. The fourth-order valence-electron chi connectivity index (χ4n) is 2.82. The lowest BCUT2D eigenvalue weighted by Crippen LogP contribution is -2.43. The van der Waals surface area contributed by atoms with Gasteiger partial charge in [0.15, 0.2) is 6.61 Å². The number of amides is 2. The average molecular weight is 399 g/mol. The third-order valence-electron chi connectivity index (χ3n) is 4.19. The van der Waals surface area contributed by atoms with Crippen molar-refractivity contribution < 1.29 is 24.0 Å². The standard InChI is InChI=1S/C20H21N3O6/c1-13(2)28-11-14-4-3-5-15(8-14)21-19(24)10-22-17-9-16(23(26)27)6-7-18(17)29-12-20(22)25/h3-9,13H,10-12H2,1-2H3,(H,21,24). The second kappa shape index (κ2) is 8.70. The first-order chi connectivity index (χ1) is 13.8. The SMILES string of the molecule is CC(C)OCc1cccc(NC(=O)CN2C(=O)COc3ccc([N+](=O)[O-])cc32)c1. The number of ether oxygens (including phenoxy) is 2. The quantitative estimate of drug-likeness (QED) is 0.566. The molecular weight excluding hydrogens is 378 g/mol. The molecule has 0 aliphatic carbocycles. The zero-order valence-corrected chi connectivity index (χ0v) is 16.1. The van der Waals surface area contributed by atoms with Gasteiger partial charge in [-0.25, -0.2) is 0 Å². The van der Waals surface area contributed by atoms with Crippen LogP contribution in [-0.4, -0.2) is 36.0 Å². The van der Waals surface area contributed by atoms with Gasteiger partial charge in [0.1, 0.15) is 12.3 Å². The van der Waals surface area contributed by atoms with Crippen LogP contribution in [-0.2, 0) is 20.9 Å². The molecule has 2 aromatic carbocycles. The number of hydrogen-bond acceptors (Lipinski definition) is 6. The van der Waals surface area contributed by atoms with E-state index in [-0.39, 0.29) is 30.6 Å². The lowest BCUT2D eigenvalue weighted by Gasteiger charge is -2.28. The van der Waals surface area contributed by atoms with Crippen LogP contribution in [0.25, 0.3) is 0 Å². The first-order valence-electron chi connectivity index (χ1n) is 9.05. The number of nitro benzene ring substituents is 1. The largest absolute Gasteiger partial charge is 0.482 e. The molecule has 152 valence electrons. The average Bonchev–Trinajstić information content (AvgIpc) is 2.68. The van der Waals surface area contributed by atoms with Gasteiger partial charge in [-0.2, -0.15) is 0 Å². The van der Waals surface area contributed by atoms with E-state index in [1.807, 2.05) is 19.9 Å². The molecule has 0 saturated carbocycles. The molecule has 29 heavy (non-hydrogen) atoms. The molecule has 9 heteroatoms. The van der Waals surface area contributed by atoms with Crippen molar-refractivity contribution in [1.82, 2.24) is 0 Å². The maximum absolute atomic E-state index is 12.5. The van der Waals surface area contributed by atoms with Crippen LogP contribution in [0.4, 0.5) is 17.1 Å². The van der Waals surface area contributed by atoms with E-state index < -0.39 is 16.7 Å². The smallest absolute Gasteiger partial charge is 0.271 e. The number of anilines is 2. The van der Waals surface area contributed by atoms with Gasteiger partial charge < -0.3 is 14.8 Å². The van der Waals surface area contributed by atoms with Crippen LogP contribution in [0.15, 0.2) is 42.5 Å². The zero-order valence-electron chi connectivity index (χ0n) is 16.1. The van der Waals surface area contributed by atoms with E-state index in [0.29, 0.717) is 18.0 Å². The second-order valence-electron chi connectivity index (χ2n) is 6.79. The minimum Gasteiger partial charge on any atom is -0.482 e. The van der Waals surface area contributed by atoms with Gasteiger partial charge in [-0.05, 0) is 37.6 Å². The van der Waals surface area contributed by atoms with Gasteiger partial charge in [0, 0.05) is 17.8 Å². The number of non-ortho nitro benzene ring substituents is 1. The summed E-state index contributed by atoms with van der Waals surface area (Å²) in [6.45, 7) is 3.77. The summed E-state index contributed by atoms with van der Waals surface area (Å²) in [6.07, 6.45) is 0.0877. The van der Waals surface area contributed by atoms with Crippen molar-refractivity contribution in [3.8, 4) is 5.75 Å². The van der Waals surface area contributed by atoms with E-state index in [1.165, 1.54) is 23.1 Å². The molecule has 0 fully saturated rings. The van der Waals surface area contributed by atoms with Crippen LogP contribution >= 0.6 is 0 Å². The van der Waals surface area contributed by atoms with Gasteiger partial charge >= 0.3 is 0 Å². The highest BCUT2D eigenvalue weighted by Gasteiger charge is 2.29. The normalized spacial score (nSPS) is 13.1. The fourth-order valence-corrected chi connectivity index (χ4v) is 2.82. The van der Waals surface area contributed by atoms with E-state index in [1.54, 1.807) is 18.2 Å². The fraction of sp³-hybridized carbons (Fsp3) is 0.300. The van der Waals surface area contributed by atoms with E-state index >= 15 is 0 Å². The van der Waals surface area contributed by atoms with E-state index in [0.717, 1.165) is 5.56 Å². The summed E-state index contributed by atoms with van der Waals surface area (Å²) >= 11 is 0. The molecule has 0 radical (unpaired) electrons. The third-order valence-corrected chi connectivity index (χ3v) is 4.19. The predicted octanol–water partition coefficient (Wildman–Crippen LogP) is 2.88. The van der Waals surface area contributed by atoms with Gasteiger partial charge in [0.25, 0.3) is 11.6 Å². The van der Waals surface area contributed by atoms with E-state index in [9.17, 15) is 19.7 Å². The number of fused-ring (bicyclic) bond motifs is 1. The first-order valence-corrected chi connectivity index (χ1v) is 9.05. The van der Waals surface area contributed by atoms with E-state index in [4.69, 9.17) is 9.47 Å². The highest BCUT2D eigenvalue weighted by atomic mass is 16.6. The maximum Gasteiger partial charge on any atom is 0.271 e. The summed E-state index contributed by atoms with van der Waals surface area (Å²) in [6, 6.07) is 11.1. The molecule has 9 nitrogen and oxygen atoms in total. The second-order valence-corrected chi connectivity index (χ2v) is 6.79. The van der Waals surface area contributed by atoms with Crippen LogP contribution in [0.5, 0.6) is 5.75 Å². The molecule has 2 aromatic rings. The highest BCUT2D eigenvalue weighted by molar-refractivity contribution is 6.05. The predicted molar refractivity (Wildman–Crippen MR) is 106 cm³/mol. The number of nitrogens with zero attached hydrogens (tertiary/aromatic N) is 2. The molecule has 1 heterocycles. The maximum atomic E-state index is 12.5. The number of benzene rings is 2. The Morgan fingerprint density at radius 1 is 1.31 bits per heavy atom. The molecule has 0 aromatic heterocycles. The summed E-state index contributed by atoms with van der Waals surface area (Å²) in [5.74, 6) is -0.567. The number of carbonyl (C=O) groups is 2. The van der Waals surface area contributed by atoms with Gasteiger partial charge in [-0.1, -0.05) is 12.1 Å². The number of nitro groups is 1. The van der Waals surface area contributed by atoms with Gasteiger partial charge in [-0.3, -0.25) is 24.6 Å². The summed E-state index contributed by atoms with van der Waals surface area (Å²) in [5.41, 5.74) is 1.48. The van der Waals surface area contributed by atoms with Crippen molar-refractivity contribution in [2.45, 2.75) is 26.6 Å². The van der Waals surface area contributed by atoms with Crippen LogP contribution < -0.4 is 15.0 Å². The molecule has 0 saturated heterocycles. The number of rotatable bonds is 7. The molecule has 1 N–H and O–H groups in total. The van der Waals surface area contributed by atoms with Gasteiger partial charge in [-0.15, -0.1) is 0 Å². The van der Waals surface area contributed by atoms with Gasteiger partial charge in [0.05, 0.1) is 23.3 Å². The Morgan fingerprint density at radius 3 is 2.83 bits per heavy atom. The summed E-state index contributed by atoms with van der Waals surface area (Å²) < 4.78 is 10.9. The van der Waals surface area contributed by atoms with Crippen molar-refractivity contribution in [1.29, 1.82) is 0 Å². The summed E-state index contributed by atoms with van der Waals surface area (Å²) in [5, 5.41) is 13.8. The number of carbonyl (C=O) groups excluding carboxylic acids is 2. The minimum absolute atomic E-state index is 0.0877.